The van der Waals surface area contributed by atoms with E-state index in [-0.39, 0.29) is 0 Å². The third kappa shape index (κ3) is 3.15. The molecule has 1 aromatic rings. The lowest BCUT2D eigenvalue weighted by molar-refractivity contribution is 0.761. The number of nitrogens with one attached hydrogen (secondary N) is 1. The summed E-state index contributed by atoms with van der Waals surface area (Å²) < 4.78 is 0. The Morgan fingerprint density at radius 1 is 1.21 bits per heavy atom. The fourth-order valence-corrected chi connectivity index (χ4v) is 1.72. The highest BCUT2D eigenvalue weighted by atomic mass is 14.8. The van der Waals surface area contributed by atoms with Crippen molar-refractivity contribution < 1.29 is 0 Å². The molecule has 0 saturated carbocycles. The summed E-state index contributed by atoms with van der Waals surface area (Å²) in [6.45, 7) is 5.39. The third-order valence-corrected chi connectivity index (χ3v) is 2.53. The van der Waals surface area contributed by atoms with E-state index in [1.165, 1.54) is 36.0 Å². The average molecular weight is 191 g/mol. The Morgan fingerprint density at radius 3 is 2.64 bits per heavy atom. The zero-order valence-corrected chi connectivity index (χ0v) is 9.56. The molecule has 0 heterocycles. The summed E-state index contributed by atoms with van der Waals surface area (Å²) in [5.41, 5.74) is 4.34. The number of hydrogen-bond donors (Lipinski definition) is 1. The van der Waals surface area contributed by atoms with Crippen LogP contribution < -0.4 is 5.32 Å². The summed E-state index contributed by atoms with van der Waals surface area (Å²) in [6, 6.07) is 6.77. The Morgan fingerprint density at radius 2 is 2.00 bits per heavy atom. The zero-order valence-electron chi connectivity index (χ0n) is 9.56. The maximum atomic E-state index is 3.22. The first-order valence-corrected chi connectivity index (χ1v) is 5.51. The Labute approximate surface area is 87.5 Å². The van der Waals surface area contributed by atoms with Crippen LogP contribution in [-0.2, 0) is 13.0 Å². The fraction of sp³-hybridized carbons (Fsp3) is 0.538. The van der Waals surface area contributed by atoms with Crippen LogP contribution in [0.25, 0.3) is 0 Å². The quantitative estimate of drug-likeness (QED) is 0.754. The monoisotopic (exact) mass is 191 g/mol. The maximum Gasteiger partial charge on any atom is 0.0205 e. The molecule has 0 saturated heterocycles. The average Bonchev–Trinajstić information content (AvgIpc) is 2.18. The molecule has 1 nitrogen and oxygen atoms in total. The van der Waals surface area contributed by atoms with Gasteiger partial charge in [0.1, 0.15) is 0 Å². The van der Waals surface area contributed by atoms with Crippen LogP contribution in [0.3, 0.4) is 0 Å². The van der Waals surface area contributed by atoms with Crippen LogP contribution in [0, 0.1) is 6.92 Å². The van der Waals surface area contributed by atoms with E-state index in [9.17, 15) is 0 Å². The van der Waals surface area contributed by atoms with Gasteiger partial charge in [-0.3, -0.25) is 0 Å². The van der Waals surface area contributed by atoms with E-state index in [4.69, 9.17) is 0 Å². The van der Waals surface area contributed by atoms with Gasteiger partial charge in [0, 0.05) is 6.54 Å². The molecule has 0 atom stereocenters. The summed E-state index contributed by atoms with van der Waals surface area (Å²) in [7, 11) is 2.00. The largest absolute Gasteiger partial charge is 0.316 e. The van der Waals surface area contributed by atoms with Crippen LogP contribution in [0.4, 0.5) is 0 Å². The van der Waals surface area contributed by atoms with E-state index in [0.717, 1.165) is 6.54 Å². The molecule has 0 aliphatic rings. The summed E-state index contributed by atoms with van der Waals surface area (Å²) in [6.07, 6.45) is 3.78. The van der Waals surface area contributed by atoms with Crippen LogP contribution in [0.15, 0.2) is 18.2 Å². The van der Waals surface area contributed by atoms with Gasteiger partial charge < -0.3 is 5.32 Å². The van der Waals surface area contributed by atoms with Crippen molar-refractivity contribution in [1.29, 1.82) is 0 Å². The van der Waals surface area contributed by atoms with E-state index in [1.807, 2.05) is 7.05 Å². The molecule has 0 fully saturated rings. The van der Waals surface area contributed by atoms with Gasteiger partial charge in [0.15, 0.2) is 0 Å². The van der Waals surface area contributed by atoms with Crippen molar-refractivity contribution >= 4 is 0 Å². The van der Waals surface area contributed by atoms with Gasteiger partial charge in [-0.1, -0.05) is 37.1 Å². The minimum absolute atomic E-state index is 0.985. The molecule has 0 bridgehead atoms. The number of hydrogen-bond acceptors (Lipinski definition) is 1. The maximum absolute atomic E-state index is 3.22. The molecule has 1 aromatic carbocycles. The molecule has 78 valence electrons. The highest BCUT2D eigenvalue weighted by Gasteiger charge is 2.01. The van der Waals surface area contributed by atoms with Gasteiger partial charge >= 0.3 is 0 Å². The molecule has 0 unspecified atom stereocenters. The van der Waals surface area contributed by atoms with E-state index in [0.29, 0.717) is 0 Å². The molecular formula is C13H21N. The lowest BCUT2D eigenvalue weighted by atomic mass is 9.99. The van der Waals surface area contributed by atoms with Crippen molar-refractivity contribution in [2.75, 3.05) is 7.05 Å². The van der Waals surface area contributed by atoms with Gasteiger partial charge in [-0.05, 0) is 37.9 Å². The molecule has 0 aliphatic carbocycles. The fourth-order valence-electron chi connectivity index (χ4n) is 1.72. The van der Waals surface area contributed by atoms with Crippen molar-refractivity contribution in [2.24, 2.45) is 0 Å². The topological polar surface area (TPSA) is 12.0 Å². The second-order valence-electron chi connectivity index (χ2n) is 3.91. The predicted molar refractivity (Wildman–Crippen MR) is 62.6 cm³/mol. The van der Waals surface area contributed by atoms with Crippen molar-refractivity contribution in [3.63, 3.8) is 0 Å². The number of aryl methyl sites for hydroxylation is 2. The molecular weight excluding hydrogens is 170 g/mol. The van der Waals surface area contributed by atoms with Crippen LogP contribution in [0.2, 0.25) is 0 Å². The first-order chi connectivity index (χ1) is 6.77. The van der Waals surface area contributed by atoms with Gasteiger partial charge in [0.2, 0.25) is 0 Å². The van der Waals surface area contributed by atoms with E-state index in [2.05, 4.69) is 37.4 Å². The lowest BCUT2D eigenvalue weighted by Gasteiger charge is -2.09. The summed E-state index contributed by atoms with van der Waals surface area (Å²) in [4.78, 5) is 0. The molecule has 0 amide bonds. The molecule has 1 rings (SSSR count). The summed E-state index contributed by atoms with van der Waals surface area (Å²) in [5, 5.41) is 3.22. The van der Waals surface area contributed by atoms with E-state index in [1.54, 1.807) is 0 Å². The number of rotatable bonds is 5. The molecule has 0 radical (unpaired) electrons. The summed E-state index contributed by atoms with van der Waals surface area (Å²) >= 11 is 0. The van der Waals surface area contributed by atoms with Crippen LogP contribution >= 0.6 is 0 Å². The molecule has 1 N–H and O–H groups in total. The van der Waals surface area contributed by atoms with Gasteiger partial charge in [-0.15, -0.1) is 0 Å². The smallest absolute Gasteiger partial charge is 0.0205 e. The molecule has 0 aromatic heterocycles. The number of benzene rings is 1. The highest BCUT2D eigenvalue weighted by molar-refractivity contribution is 5.31. The SMILES string of the molecule is CCCCc1cc(C)ccc1CNC. The van der Waals surface area contributed by atoms with Crippen LogP contribution in [0.5, 0.6) is 0 Å². The second kappa shape index (κ2) is 5.82. The van der Waals surface area contributed by atoms with Crippen molar-refractivity contribution in [3.8, 4) is 0 Å². The minimum Gasteiger partial charge on any atom is -0.316 e. The summed E-state index contributed by atoms with van der Waals surface area (Å²) in [5.74, 6) is 0. The zero-order chi connectivity index (χ0) is 10.4. The van der Waals surface area contributed by atoms with Crippen LogP contribution in [0.1, 0.15) is 36.5 Å². The lowest BCUT2D eigenvalue weighted by Crippen LogP contribution is -2.08. The van der Waals surface area contributed by atoms with Gasteiger partial charge in [0.05, 0.1) is 0 Å². The standard InChI is InChI=1S/C13H21N/c1-4-5-6-12-9-11(2)7-8-13(12)10-14-3/h7-9,14H,4-6,10H2,1-3H3. The van der Waals surface area contributed by atoms with E-state index >= 15 is 0 Å². The van der Waals surface area contributed by atoms with E-state index < -0.39 is 0 Å². The Kier molecular flexibility index (Phi) is 4.68. The second-order valence-corrected chi connectivity index (χ2v) is 3.91. The Hall–Kier alpha value is -0.820. The van der Waals surface area contributed by atoms with Crippen LogP contribution in [-0.4, -0.2) is 7.05 Å². The Bertz CT molecular complexity index is 279. The first kappa shape index (κ1) is 11.3. The van der Waals surface area contributed by atoms with Gasteiger partial charge in [0.25, 0.3) is 0 Å². The van der Waals surface area contributed by atoms with Gasteiger partial charge in [-0.25, -0.2) is 0 Å². The van der Waals surface area contributed by atoms with Crippen molar-refractivity contribution in [2.45, 2.75) is 39.7 Å². The molecule has 1 heteroatoms. The molecule has 14 heavy (non-hydrogen) atoms. The highest BCUT2D eigenvalue weighted by Crippen LogP contribution is 2.14. The third-order valence-electron chi connectivity index (χ3n) is 2.53. The van der Waals surface area contributed by atoms with Gasteiger partial charge in [-0.2, -0.15) is 0 Å². The predicted octanol–water partition coefficient (Wildman–Crippen LogP) is 3.06. The Balaban J connectivity index is 2.79. The van der Waals surface area contributed by atoms with Crippen molar-refractivity contribution in [1.82, 2.24) is 5.32 Å². The first-order valence-electron chi connectivity index (χ1n) is 5.51. The normalized spacial score (nSPS) is 10.5. The minimum atomic E-state index is 0.985. The number of unbranched alkanes of at least 4 members (excludes halogenated alkanes) is 1. The molecule has 0 aliphatic heterocycles. The molecule has 0 spiro atoms. The van der Waals surface area contributed by atoms with Crippen molar-refractivity contribution in [3.05, 3.63) is 34.9 Å².